The molecule has 3 heteroatoms. The highest BCUT2D eigenvalue weighted by molar-refractivity contribution is 7.84. The summed E-state index contributed by atoms with van der Waals surface area (Å²) in [6.07, 6.45) is 26.6. The molecule has 1 atom stereocenters. The highest BCUT2D eigenvalue weighted by Gasteiger charge is 1.95. The molecule has 0 aromatic carbocycles. The lowest BCUT2D eigenvalue weighted by atomic mass is 10.1. The maximum Gasteiger partial charge on any atom is 0.0232 e. The van der Waals surface area contributed by atoms with E-state index >= 15 is 0 Å². The van der Waals surface area contributed by atoms with Crippen molar-refractivity contribution in [3.05, 3.63) is 0 Å². The molecule has 0 aromatic rings. The van der Waals surface area contributed by atoms with Gasteiger partial charge < -0.3 is 5.32 Å². The number of rotatable bonds is 22. The molecule has 0 rings (SSSR count). The number of hydrogen-bond acceptors (Lipinski definition) is 2. The summed E-state index contributed by atoms with van der Waals surface area (Å²) in [6.45, 7) is 4.73. The van der Waals surface area contributed by atoms with E-state index in [0.29, 0.717) is 0 Å². The van der Waals surface area contributed by atoms with Gasteiger partial charge in [0.15, 0.2) is 0 Å². The van der Waals surface area contributed by atoms with Crippen LogP contribution in [0.1, 0.15) is 122 Å². The van der Waals surface area contributed by atoms with Crippen LogP contribution in [0.15, 0.2) is 0 Å². The fraction of sp³-hybridized carbons (Fsp3) is 1.00. The lowest BCUT2D eigenvalue weighted by Crippen LogP contribution is -2.16. The van der Waals surface area contributed by atoms with E-state index in [-0.39, 0.29) is 0 Å². The predicted octanol–water partition coefficient (Wildman–Crippen LogP) is 7.00. The molecule has 2 nitrogen and oxygen atoms in total. The second kappa shape index (κ2) is 23.1. The summed E-state index contributed by atoms with van der Waals surface area (Å²) in [6, 6.07) is 0. The molecule has 0 saturated heterocycles. The van der Waals surface area contributed by atoms with Crippen LogP contribution in [-0.2, 0) is 10.8 Å². The first kappa shape index (κ1) is 26.1. The van der Waals surface area contributed by atoms with Crippen molar-refractivity contribution in [2.24, 2.45) is 0 Å². The van der Waals surface area contributed by atoms with Crippen LogP contribution >= 0.6 is 0 Å². The molecule has 26 heavy (non-hydrogen) atoms. The molecule has 0 fully saturated rings. The van der Waals surface area contributed by atoms with E-state index in [2.05, 4.69) is 12.2 Å². The summed E-state index contributed by atoms with van der Waals surface area (Å²) in [5.74, 6) is 0.896. The second-order valence-corrected chi connectivity index (χ2v) is 9.59. The highest BCUT2D eigenvalue weighted by Crippen LogP contribution is 2.11. The van der Waals surface area contributed by atoms with Crippen LogP contribution in [0.25, 0.3) is 0 Å². The molecule has 1 N–H and O–H groups in total. The minimum atomic E-state index is -0.590. The van der Waals surface area contributed by atoms with Gasteiger partial charge in [0.2, 0.25) is 0 Å². The van der Waals surface area contributed by atoms with Crippen molar-refractivity contribution in [2.45, 2.75) is 122 Å². The third-order valence-electron chi connectivity index (χ3n) is 5.24. The molecule has 0 bridgehead atoms. The standard InChI is InChI=1S/C23H49NOS/c1-3-4-5-6-7-12-15-18-21-24-22-19-16-13-10-8-9-11-14-17-20-23-26(2)25/h24H,3-23H2,1-2H3. The van der Waals surface area contributed by atoms with E-state index in [9.17, 15) is 4.21 Å². The van der Waals surface area contributed by atoms with Gasteiger partial charge in [0.05, 0.1) is 0 Å². The molecule has 0 aliphatic heterocycles. The quantitative estimate of drug-likeness (QED) is 0.203. The van der Waals surface area contributed by atoms with Gasteiger partial charge >= 0.3 is 0 Å². The molecule has 0 spiro atoms. The van der Waals surface area contributed by atoms with Crippen molar-refractivity contribution in [1.29, 1.82) is 0 Å². The summed E-state index contributed by atoms with van der Waals surface area (Å²) in [5.41, 5.74) is 0. The smallest absolute Gasteiger partial charge is 0.0232 e. The maximum atomic E-state index is 11.0. The van der Waals surface area contributed by atoms with Gasteiger partial charge in [0.1, 0.15) is 0 Å². The molecular weight excluding hydrogens is 338 g/mol. The highest BCUT2D eigenvalue weighted by atomic mass is 32.2. The van der Waals surface area contributed by atoms with Crippen LogP contribution in [0, 0.1) is 0 Å². The van der Waals surface area contributed by atoms with Gasteiger partial charge in [-0.15, -0.1) is 0 Å². The molecule has 0 aliphatic carbocycles. The Kier molecular flexibility index (Phi) is 23.2. The summed E-state index contributed by atoms with van der Waals surface area (Å²) < 4.78 is 11.0. The number of nitrogens with one attached hydrogen (secondary N) is 1. The van der Waals surface area contributed by atoms with Gasteiger partial charge in [-0.3, -0.25) is 4.21 Å². The summed E-state index contributed by atoms with van der Waals surface area (Å²) >= 11 is 0. The third kappa shape index (κ3) is 24.1. The van der Waals surface area contributed by atoms with Gasteiger partial charge in [-0.05, 0) is 32.4 Å². The van der Waals surface area contributed by atoms with Crippen molar-refractivity contribution in [3.63, 3.8) is 0 Å². The van der Waals surface area contributed by atoms with E-state index in [1.54, 1.807) is 0 Å². The zero-order chi connectivity index (χ0) is 19.1. The van der Waals surface area contributed by atoms with Crippen LogP contribution in [0.3, 0.4) is 0 Å². The molecular formula is C23H49NOS. The van der Waals surface area contributed by atoms with Crippen LogP contribution in [0.4, 0.5) is 0 Å². The van der Waals surface area contributed by atoms with Crippen molar-refractivity contribution in [2.75, 3.05) is 25.1 Å². The van der Waals surface area contributed by atoms with Gasteiger partial charge in [0, 0.05) is 22.8 Å². The largest absolute Gasteiger partial charge is 0.317 e. The lowest BCUT2D eigenvalue weighted by molar-refractivity contribution is 0.528. The Morgan fingerprint density at radius 1 is 0.538 bits per heavy atom. The van der Waals surface area contributed by atoms with E-state index in [1.807, 2.05) is 6.26 Å². The van der Waals surface area contributed by atoms with Gasteiger partial charge in [-0.1, -0.05) is 103 Å². The molecule has 0 saturated carbocycles. The molecule has 0 aromatic heterocycles. The topological polar surface area (TPSA) is 29.1 Å². The van der Waals surface area contributed by atoms with E-state index < -0.39 is 10.8 Å². The average molecular weight is 388 g/mol. The zero-order valence-electron chi connectivity index (χ0n) is 18.2. The fourth-order valence-electron chi connectivity index (χ4n) is 3.48. The van der Waals surface area contributed by atoms with Crippen molar-refractivity contribution in [3.8, 4) is 0 Å². The third-order valence-corrected chi connectivity index (χ3v) is 6.11. The van der Waals surface area contributed by atoms with Crippen LogP contribution < -0.4 is 5.32 Å². The Balaban J connectivity index is 2.98. The van der Waals surface area contributed by atoms with Crippen molar-refractivity contribution >= 4 is 10.8 Å². The number of unbranched alkanes of at least 4 members (excludes halogenated alkanes) is 16. The minimum absolute atomic E-state index is 0.590. The first-order valence-electron chi connectivity index (χ1n) is 11.8. The number of hydrogen-bond donors (Lipinski definition) is 1. The minimum Gasteiger partial charge on any atom is -0.317 e. The van der Waals surface area contributed by atoms with Gasteiger partial charge in [-0.2, -0.15) is 0 Å². The SMILES string of the molecule is CCCCCCCCCCNCCCCCCCCCCCCS(C)=O. The first-order valence-corrected chi connectivity index (χ1v) is 13.5. The van der Waals surface area contributed by atoms with E-state index in [4.69, 9.17) is 0 Å². The zero-order valence-corrected chi connectivity index (χ0v) is 19.0. The average Bonchev–Trinajstić information content (AvgIpc) is 2.62. The summed E-state index contributed by atoms with van der Waals surface area (Å²) in [5, 5.41) is 3.61. The van der Waals surface area contributed by atoms with Crippen molar-refractivity contribution in [1.82, 2.24) is 5.32 Å². The molecule has 158 valence electrons. The van der Waals surface area contributed by atoms with Crippen LogP contribution in [0.5, 0.6) is 0 Å². The monoisotopic (exact) mass is 387 g/mol. The molecule has 1 unspecified atom stereocenters. The van der Waals surface area contributed by atoms with Crippen LogP contribution in [-0.4, -0.2) is 29.3 Å². The Bertz CT molecular complexity index is 283. The fourth-order valence-corrected chi connectivity index (χ4v) is 4.09. The Morgan fingerprint density at radius 3 is 1.27 bits per heavy atom. The van der Waals surface area contributed by atoms with Crippen molar-refractivity contribution < 1.29 is 4.21 Å². The summed E-state index contributed by atoms with van der Waals surface area (Å²) in [7, 11) is -0.590. The Labute approximate surface area is 168 Å². The molecule has 0 heterocycles. The first-order chi connectivity index (χ1) is 12.8. The Morgan fingerprint density at radius 2 is 0.885 bits per heavy atom. The van der Waals surface area contributed by atoms with E-state index in [1.165, 1.54) is 122 Å². The lowest BCUT2D eigenvalue weighted by Gasteiger charge is -2.05. The van der Waals surface area contributed by atoms with Gasteiger partial charge in [-0.25, -0.2) is 0 Å². The predicted molar refractivity (Wildman–Crippen MR) is 121 cm³/mol. The van der Waals surface area contributed by atoms with Crippen LogP contribution in [0.2, 0.25) is 0 Å². The normalized spacial score (nSPS) is 12.5. The molecule has 0 aliphatic rings. The Hall–Kier alpha value is 0.110. The molecule has 0 radical (unpaired) electrons. The van der Waals surface area contributed by atoms with Gasteiger partial charge in [0.25, 0.3) is 0 Å². The molecule has 0 amide bonds. The maximum absolute atomic E-state index is 11.0. The second-order valence-electron chi connectivity index (χ2n) is 8.04. The van der Waals surface area contributed by atoms with E-state index in [0.717, 1.165) is 12.2 Å². The summed E-state index contributed by atoms with van der Waals surface area (Å²) in [4.78, 5) is 0.